The molecule has 1 heterocycles. The molecule has 1 N–H and O–H groups in total. The molecule has 0 bridgehead atoms. The maximum Gasteiger partial charge on any atom is 0.417 e. The van der Waals surface area contributed by atoms with E-state index in [0.29, 0.717) is 0 Å². The molecule has 0 atom stereocenters. The third-order valence-electron chi connectivity index (χ3n) is 1.99. The van der Waals surface area contributed by atoms with Gasteiger partial charge < -0.3 is 9.30 Å². The summed E-state index contributed by atoms with van der Waals surface area (Å²) in [5.74, 6) is -0.510. The molecule has 1 rings (SSSR count). The number of aromatic nitrogens is 1. The molecule has 94 valence electrons. The zero-order chi connectivity index (χ0) is 13.1. The summed E-state index contributed by atoms with van der Waals surface area (Å²) in [6.45, 7) is 1.16. The van der Waals surface area contributed by atoms with Crippen LogP contribution in [-0.4, -0.2) is 17.1 Å². The van der Waals surface area contributed by atoms with Crippen LogP contribution in [0, 0.1) is 5.41 Å². The molecule has 0 saturated heterocycles. The second kappa shape index (κ2) is 5.03. The fourth-order valence-electron chi connectivity index (χ4n) is 1.19. The first-order chi connectivity index (χ1) is 7.80. The van der Waals surface area contributed by atoms with Crippen molar-refractivity contribution >= 4 is 5.97 Å². The van der Waals surface area contributed by atoms with Crippen molar-refractivity contribution in [3.63, 3.8) is 0 Å². The van der Waals surface area contributed by atoms with Gasteiger partial charge in [0.15, 0.2) is 0 Å². The topological polar surface area (TPSA) is 55.1 Å². The lowest BCUT2D eigenvalue weighted by molar-refractivity contribution is -0.142. The minimum absolute atomic E-state index is 0.0162. The Hall–Kier alpha value is -1.79. The van der Waals surface area contributed by atoms with Gasteiger partial charge in [0.25, 0.3) is 0 Å². The van der Waals surface area contributed by atoms with Crippen molar-refractivity contribution in [2.24, 2.45) is 0 Å². The lowest BCUT2D eigenvalue weighted by atomic mass is 10.3. The van der Waals surface area contributed by atoms with Crippen LogP contribution in [0.1, 0.15) is 12.5 Å². The molecule has 17 heavy (non-hydrogen) atoms. The molecule has 1 aromatic heterocycles. The number of ether oxygens (including phenoxy) is 1. The molecular formula is C10H11F3N2O2. The van der Waals surface area contributed by atoms with Gasteiger partial charge in [0.2, 0.25) is 0 Å². The second-order valence-corrected chi connectivity index (χ2v) is 3.33. The highest BCUT2D eigenvalue weighted by molar-refractivity contribution is 5.65. The lowest BCUT2D eigenvalue weighted by Gasteiger charge is -2.11. The van der Waals surface area contributed by atoms with E-state index >= 15 is 0 Å². The number of alkyl halides is 3. The summed E-state index contributed by atoms with van der Waals surface area (Å²) in [5.41, 5.74) is -0.915. The molecule has 1 aromatic rings. The molecule has 0 radical (unpaired) electrons. The Kier molecular flexibility index (Phi) is 3.93. The monoisotopic (exact) mass is 248 g/mol. The average molecular weight is 248 g/mol. The zero-order valence-corrected chi connectivity index (χ0v) is 9.04. The molecule has 0 unspecified atom stereocenters. The van der Waals surface area contributed by atoms with Crippen molar-refractivity contribution in [3.8, 4) is 0 Å². The van der Waals surface area contributed by atoms with Gasteiger partial charge in [0, 0.05) is 13.1 Å². The summed E-state index contributed by atoms with van der Waals surface area (Å²) < 4.78 is 42.8. The largest absolute Gasteiger partial charge is 0.464 e. The minimum atomic E-state index is -4.45. The Morgan fingerprint density at radius 1 is 1.47 bits per heavy atom. The first-order valence-electron chi connectivity index (χ1n) is 4.76. The Balaban J connectivity index is 2.84. The maximum absolute atomic E-state index is 12.4. The Morgan fingerprint density at radius 2 is 2.12 bits per heavy atom. The number of carbonyl (C=O) groups excluding carboxylic acids is 1. The number of rotatable bonds is 3. The van der Waals surface area contributed by atoms with E-state index in [4.69, 9.17) is 5.41 Å². The molecule has 0 aliphatic heterocycles. The van der Waals surface area contributed by atoms with Crippen molar-refractivity contribution in [2.45, 2.75) is 19.6 Å². The number of halogens is 3. The third kappa shape index (κ3) is 3.93. The Morgan fingerprint density at radius 3 is 2.65 bits per heavy atom. The molecule has 0 spiro atoms. The quantitative estimate of drug-likeness (QED) is 0.825. The van der Waals surface area contributed by atoms with Gasteiger partial charge in [0.05, 0.1) is 12.1 Å². The fraction of sp³-hybridized carbons (Fsp3) is 0.400. The predicted octanol–water partition coefficient (Wildman–Crippen LogP) is 1.55. The first-order valence-corrected chi connectivity index (χ1v) is 4.76. The predicted molar refractivity (Wildman–Crippen MR) is 51.9 cm³/mol. The second-order valence-electron chi connectivity index (χ2n) is 3.33. The standard InChI is InChI=1S/C10H11F3N2O2/c1-7(16)17-5-4-15-6-8(10(11,12)13)2-3-9(15)14/h2-3,6,14H,4-5H2,1H3. The van der Waals surface area contributed by atoms with Crippen molar-refractivity contribution in [3.05, 3.63) is 29.4 Å². The molecule has 0 amide bonds. The van der Waals surface area contributed by atoms with Gasteiger partial charge in [-0.3, -0.25) is 10.2 Å². The highest BCUT2D eigenvalue weighted by Crippen LogP contribution is 2.27. The number of carbonyl (C=O) groups is 1. The minimum Gasteiger partial charge on any atom is -0.464 e. The van der Waals surface area contributed by atoms with E-state index in [2.05, 4.69) is 4.74 Å². The highest BCUT2D eigenvalue weighted by Gasteiger charge is 2.30. The Labute approximate surface area is 95.1 Å². The number of hydrogen-bond acceptors (Lipinski definition) is 3. The molecule has 0 saturated carbocycles. The fourth-order valence-corrected chi connectivity index (χ4v) is 1.19. The van der Waals surface area contributed by atoms with Gasteiger partial charge in [-0.1, -0.05) is 0 Å². The van der Waals surface area contributed by atoms with Crippen LogP contribution in [0.3, 0.4) is 0 Å². The van der Waals surface area contributed by atoms with Crippen LogP contribution in [-0.2, 0) is 22.3 Å². The van der Waals surface area contributed by atoms with Crippen molar-refractivity contribution in [2.75, 3.05) is 6.61 Å². The summed E-state index contributed by atoms with van der Waals surface area (Å²) in [6.07, 6.45) is -3.62. The van der Waals surface area contributed by atoms with Gasteiger partial charge >= 0.3 is 12.1 Å². The summed E-state index contributed by atoms with van der Waals surface area (Å²) in [4.78, 5) is 10.5. The van der Waals surface area contributed by atoms with Crippen LogP contribution in [0.15, 0.2) is 18.3 Å². The lowest BCUT2D eigenvalue weighted by Crippen LogP contribution is -2.24. The zero-order valence-electron chi connectivity index (χ0n) is 9.04. The summed E-state index contributed by atoms with van der Waals surface area (Å²) in [6, 6.07) is 1.89. The normalized spacial score (nSPS) is 11.3. The van der Waals surface area contributed by atoms with E-state index in [-0.39, 0.29) is 18.6 Å². The van der Waals surface area contributed by atoms with E-state index in [1.807, 2.05) is 0 Å². The summed E-state index contributed by atoms with van der Waals surface area (Å²) >= 11 is 0. The first kappa shape index (κ1) is 13.3. The van der Waals surface area contributed by atoms with Crippen LogP contribution in [0.4, 0.5) is 13.2 Å². The molecule has 0 aromatic carbocycles. The van der Waals surface area contributed by atoms with E-state index in [1.54, 1.807) is 0 Å². The number of pyridine rings is 1. The average Bonchev–Trinajstić information content (AvgIpc) is 2.18. The SMILES string of the molecule is CC(=O)OCCn1cc(C(F)(F)F)ccc1=N. The van der Waals surface area contributed by atoms with Gasteiger partial charge in [-0.25, -0.2) is 0 Å². The van der Waals surface area contributed by atoms with Crippen LogP contribution < -0.4 is 5.49 Å². The molecular weight excluding hydrogens is 237 g/mol. The van der Waals surface area contributed by atoms with Crippen molar-refractivity contribution in [1.82, 2.24) is 4.57 Å². The van der Waals surface area contributed by atoms with E-state index in [0.717, 1.165) is 22.9 Å². The van der Waals surface area contributed by atoms with Gasteiger partial charge in [-0.15, -0.1) is 0 Å². The highest BCUT2D eigenvalue weighted by atomic mass is 19.4. The number of nitrogens with one attached hydrogen (secondary N) is 1. The van der Waals surface area contributed by atoms with E-state index in [9.17, 15) is 18.0 Å². The number of esters is 1. The number of hydrogen-bond donors (Lipinski definition) is 1. The van der Waals surface area contributed by atoms with Crippen molar-refractivity contribution < 1.29 is 22.7 Å². The third-order valence-corrected chi connectivity index (χ3v) is 1.99. The smallest absolute Gasteiger partial charge is 0.417 e. The molecule has 0 aliphatic rings. The van der Waals surface area contributed by atoms with Gasteiger partial charge in [-0.05, 0) is 12.1 Å². The van der Waals surface area contributed by atoms with Crippen LogP contribution >= 0.6 is 0 Å². The molecule has 0 fully saturated rings. The molecule has 4 nitrogen and oxygen atoms in total. The van der Waals surface area contributed by atoms with Gasteiger partial charge in [-0.2, -0.15) is 13.2 Å². The number of nitrogens with zero attached hydrogens (tertiary/aromatic N) is 1. The van der Waals surface area contributed by atoms with E-state index < -0.39 is 17.7 Å². The van der Waals surface area contributed by atoms with E-state index in [1.165, 1.54) is 6.92 Å². The molecule has 7 heteroatoms. The van der Waals surface area contributed by atoms with Crippen LogP contribution in [0.5, 0.6) is 0 Å². The van der Waals surface area contributed by atoms with Crippen molar-refractivity contribution in [1.29, 1.82) is 5.41 Å². The maximum atomic E-state index is 12.4. The Bertz CT molecular complexity index is 465. The molecule has 0 aliphatic carbocycles. The van der Waals surface area contributed by atoms with Crippen LogP contribution in [0.25, 0.3) is 0 Å². The van der Waals surface area contributed by atoms with Gasteiger partial charge in [0.1, 0.15) is 12.1 Å². The van der Waals surface area contributed by atoms with Crippen LogP contribution in [0.2, 0.25) is 0 Å². The summed E-state index contributed by atoms with van der Waals surface area (Å²) in [7, 11) is 0. The summed E-state index contributed by atoms with van der Waals surface area (Å²) in [5, 5.41) is 7.41.